The lowest BCUT2D eigenvalue weighted by atomic mass is 9.93. The van der Waals surface area contributed by atoms with Crippen molar-refractivity contribution in [3.8, 4) is 0 Å². The van der Waals surface area contributed by atoms with Crippen molar-refractivity contribution in [1.82, 2.24) is 16.2 Å². The number of hydrogen-bond acceptors (Lipinski definition) is 4. The standard InChI is InChI=1S/C16H22FN3O3/c1-2-3-4-13(16(22)23)19-15(21)12-9-18-20-14(12)10-5-7-11(17)8-6-10/h5-8,12-14,18,20H,2-4,9H2,1H3,(H,19,21)(H,22,23). The Balaban J connectivity index is 2.04. The molecule has 1 aliphatic heterocycles. The van der Waals surface area contributed by atoms with Crippen molar-refractivity contribution in [2.75, 3.05) is 6.54 Å². The van der Waals surface area contributed by atoms with Crippen LogP contribution in [0.2, 0.25) is 0 Å². The molecule has 0 spiro atoms. The van der Waals surface area contributed by atoms with Crippen LogP contribution >= 0.6 is 0 Å². The van der Waals surface area contributed by atoms with E-state index in [2.05, 4.69) is 16.2 Å². The molecule has 4 N–H and O–H groups in total. The molecule has 0 aromatic heterocycles. The van der Waals surface area contributed by atoms with Gasteiger partial charge in [-0.3, -0.25) is 10.2 Å². The van der Waals surface area contributed by atoms with Gasteiger partial charge in [-0.25, -0.2) is 14.6 Å². The fourth-order valence-corrected chi connectivity index (χ4v) is 2.67. The minimum Gasteiger partial charge on any atom is -0.480 e. The molecular weight excluding hydrogens is 301 g/mol. The summed E-state index contributed by atoms with van der Waals surface area (Å²) in [6, 6.07) is 4.71. The number of carboxylic acid groups (broad SMARTS) is 1. The SMILES string of the molecule is CCCCC(NC(=O)C1CNNC1c1ccc(F)cc1)C(=O)O. The second-order valence-electron chi connectivity index (χ2n) is 5.70. The average Bonchev–Trinajstić information content (AvgIpc) is 3.01. The molecule has 1 aliphatic rings. The van der Waals surface area contributed by atoms with Crippen LogP contribution in [0.25, 0.3) is 0 Å². The van der Waals surface area contributed by atoms with Crippen LogP contribution in [0.5, 0.6) is 0 Å². The number of rotatable bonds is 7. The predicted octanol–water partition coefficient (Wildman–Crippen LogP) is 1.35. The molecule has 0 bridgehead atoms. The van der Waals surface area contributed by atoms with E-state index in [-0.39, 0.29) is 17.8 Å². The highest BCUT2D eigenvalue weighted by molar-refractivity contribution is 5.85. The van der Waals surface area contributed by atoms with Gasteiger partial charge in [0.25, 0.3) is 0 Å². The Labute approximate surface area is 134 Å². The highest BCUT2D eigenvalue weighted by Gasteiger charge is 2.35. The minimum atomic E-state index is -1.02. The highest BCUT2D eigenvalue weighted by Crippen LogP contribution is 2.25. The summed E-state index contributed by atoms with van der Waals surface area (Å²) in [5, 5.41) is 11.8. The molecule has 1 saturated heterocycles. The number of carbonyl (C=O) groups excluding carboxylic acids is 1. The zero-order chi connectivity index (χ0) is 16.8. The summed E-state index contributed by atoms with van der Waals surface area (Å²) < 4.78 is 13.0. The first kappa shape index (κ1) is 17.4. The topological polar surface area (TPSA) is 90.5 Å². The summed E-state index contributed by atoms with van der Waals surface area (Å²) >= 11 is 0. The van der Waals surface area contributed by atoms with Crippen LogP contribution in [-0.2, 0) is 9.59 Å². The van der Waals surface area contributed by atoms with Crippen LogP contribution in [0, 0.1) is 11.7 Å². The van der Waals surface area contributed by atoms with Crippen molar-refractivity contribution >= 4 is 11.9 Å². The van der Waals surface area contributed by atoms with Crippen LogP contribution in [-0.4, -0.2) is 29.6 Å². The number of amides is 1. The molecule has 23 heavy (non-hydrogen) atoms. The Bertz CT molecular complexity index is 550. The molecule has 0 saturated carbocycles. The van der Waals surface area contributed by atoms with E-state index in [1.54, 1.807) is 12.1 Å². The lowest BCUT2D eigenvalue weighted by molar-refractivity contribution is -0.142. The van der Waals surface area contributed by atoms with Crippen LogP contribution in [0.4, 0.5) is 4.39 Å². The van der Waals surface area contributed by atoms with Gasteiger partial charge in [0.2, 0.25) is 5.91 Å². The number of carbonyl (C=O) groups is 2. The molecule has 2 rings (SSSR count). The average molecular weight is 323 g/mol. The van der Waals surface area contributed by atoms with Crippen molar-refractivity contribution in [2.45, 2.75) is 38.3 Å². The smallest absolute Gasteiger partial charge is 0.326 e. The zero-order valence-electron chi connectivity index (χ0n) is 13.0. The van der Waals surface area contributed by atoms with Crippen molar-refractivity contribution < 1.29 is 19.1 Å². The van der Waals surface area contributed by atoms with Gasteiger partial charge in [-0.05, 0) is 24.1 Å². The van der Waals surface area contributed by atoms with Crippen molar-refractivity contribution in [3.63, 3.8) is 0 Å². The number of nitrogens with one attached hydrogen (secondary N) is 3. The first-order valence-corrected chi connectivity index (χ1v) is 7.80. The van der Waals surface area contributed by atoms with E-state index < -0.39 is 17.9 Å². The van der Waals surface area contributed by atoms with E-state index in [1.165, 1.54) is 12.1 Å². The fraction of sp³-hybridized carbons (Fsp3) is 0.500. The molecule has 0 radical (unpaired) electrons. The molecule has 1 aromatic carbocycles. The number of aliphatic carboxylic acids is 1. The van der Waals surface area contributed by atoms with Gasteiger partial charge in [0.1, 0.15) is 11.9 Å². The van der Waals surface area contributed by atoms with Gasteiger partial charge in [-0.15, -0.1) is 0 Å². The Morgan fingerprint density at radius 1 is 1.39 bits per heavy atom. The third-order valence-corrected chi connectivity index (χ3v) is 4.01. The maximum absolute atomic E-state index is 13.0. The maximum Gasteiger partial charge on any atom is 0.326 e. The van der Waals surface area contributed by atoms with Crippen molar-refractivity contribution in [3.05, 3.63) is 35.6 Å². The minimum absolute atomic E-state index is 0.319. The van der Waals surface area contributed by atoms with Gasteiger partial charge in [0, 0.05) is 6.54 Å². The monoisotopic (exact) mass is 323 g/mol. The maximum atomic E-state index is 13.0. The summed E-state index contributed by atoms with van der Waals surface area (Å²) in [4.78, 5) is 23.7. The summed E-state index contributed by atoms with van der Waals surface area (Å²) in [5.41, 5.74) is 6.67. The predicted molar refractivity (Wildman–Crippen MR) is 82.9 cm³/mol. The molecule has 1 amide bonds. The van der Waals surface area contributed by atoms with Crippen LogP contribution in [0.15, 0.2) is 24.3 Å². The molecule has 6 nitrogen and oxygen atoms in total. The van der Waals surface area contributed by atoms with Gasteiger partial charge in [-0.2, -0.15) is 0 Å². The molecular formula is C16H22FN3O3. The Morgan fingerprint density at radius 3 is 2.70 bits per heavy atom. The highest BCUT2D eigenvalue weighted by atomic mass is 19.1. The fourth-order valence-electron chi connectivity index (χ4n) is 2.67. The second kappa shape index (κ2) is 8.03. The molecule has 7 heteroatoms. The first-order valence-electron chi connectivity index (χ1n) is 7.80. The Morgan fingerprint density at radius 2 is 2.09 bits per heavy atom. The summed E-state index contributed by atoms with van der Waals surface area (Å²) in [6.07, 6.45) is 2.01. The summed E-state index contributed by atoms with van der Waals surface area (Å²) in [6.45, 7) is 2.35. The van der Waals surface area contributed by atoms with E-state index in [0.717, 1.165) is 18.4 Å². The molecule has 126 valence electrons. The van der Waals surface area contributed by atoms with Crippen LogP contribution in [0.3, 0.4) is 0 Å². The number of hydrogen-bond donors (Lipinski definition) is 4. The second-order valence-corrected chi connectivity index (χ2v) is 5.70. The summed E-state index contributed by atoms with van der Waals surface area (Å²) in [5.74, 6) is -2.14. The van der Waals surface area contributed by atoms with Gasteiger partial charge >= 0.3 is 5.97 Å². The Kier molecular flexibility index (Phi) is 6.06. The number of hydrazine groups is 1. The van der Waals surface area contributed by atoms with Crippen LogP contribution in [0.1, 0.15) is 37.8 Å². The Hall–Kier alpha value is -1.99. The van der Waals surface area contributed by atoms with E-state index in [1.807, 2.05) is 6.92 Å². The molecule has 3 unspecified atom stereocenters. The third kappa shape index (κ3) is 4.49. The van der Waals surface area contributed by atoms with Gasteiger partial charge < -0.3 is 10.4 Å². The van der Waals surface area contributed by atoms with E-state index in [9.17, 15) is 19.1 Å². The zero-order valence-corrected chi connectivity index (χ0v) is 13.0. The normalized spacial score (nSPS) is 21.8. The molecule has 3 atom stereocenters. The van der Waals surface area contributed by atoms with E-state index >= 15 is 0 Å². The van der Waals surface area contributed by atoms with Gasteiger partial charge in [0.05, 0.1) is 12.0 Å². The molecule has 1 heterocycles. The third-order valence-electron chi connectivity index (χ3n) is 4.01. The van der Waals surface area contributed by atoms with E-state index in [4.69, 9.17) is 0 Å². The van der Waals surface area contributed by atoms with Gasteiger partial charge in [-0.1, -0.05) is 31.9 Å². The molecule has 0 aliphatic carbocycles. The van der Waals surface area contributed by atoms with Crippen molar-refractivity contribution in [1.29, 1.82) is 0 Å². The quantitative estimate of drug-likeness (QED) is 0.608. The number of halogens is 1. The first-order chi connectivity index (χ1) is 11.0. The largest absolute Gasteiger partial charge is 0.480 e. The lowest BCUT2D eigenvalue weighted by Crippen LogP contribution is -2.45. The summed E-state index contributed by atoms with van der Waals surface area (Å²) in [7, 11) is 0. The van der Waals surface area contributed by atoms with Gasteiger partial charge in [0.15, 0.2) is 0 Å². The number of unbranched alkanes of at least 4 members (excludes halogenated alkanes) is 1. The molecule has 1 fully saturated rings. The number of carboxylic acids is 1. The lowest BCUT2D eigenvalue weighted by Gasteiger charge is -2.21. The van der Waals surface area contributed by atoms with Crippen LogP contribution < -0.4 is 16.2 Å². The number of benzene rings is 1. The van der Waals surface area contributed by atoms with E-state index in [0.29, 0.717) is 13.0 Å². The van der Waals surface area contributed by atoms with Crippen molar-refractivity contribution in [2.24, 2.45) is 5.92 Å². The molecule has 1 aromatic rings.